The third kappa shape index (κ3) is 2.37. The first-order chi connectivity index (χ1) is 9.69. The van der Waals surface area contributed by atoms with E-state index in [4.69, 9.17) is 9.72 Å². The molecular formula is C15H14BrN3O. The molecule has 0 unspecified atom stereocenters. The van der Waals surface area contributed by atoms with E-state index in [1.54, 1.807) is 0 Å². The van der Waals surface area contributed by atoms with Crippen LogP contribution < -0.4 is 4.90 Å². The minimum absolute atomic E-state index is 0.667. The molecule has 1 aromatic carbocycles. The Bertz CT molecular complexity index is 702. The summed E-state index contributed by atoms with van der Waals surface area (Å²) in [5.74, 6) is 0.849. The summed E-state index contributed by atoms with van der Waals surface area (Å²) >= 11 is 3.55. The quantitative estimate of drug-likeness (QED) is 0.805. The average molecular weight is 332 g/mol. The topological polar surface area (TPSA) is 49.2 Å². The van der Waals surface area contributed by atoms with Gasteiger partial charge in [-0.05, 0) is 46.6 Å². The van der Waals surface area contributed by atoms with Gasteiger partial charge in [0.2, 0.25) is 0 Å². The van der Waals surface area contributed by atoms with Crippen LogP contribution in [0.25, 0.3) is 10.9 Å². The second kappa shape index (κ2) is 5.39. The van der Waals surface area contributed by atoms with Crippen LogP contribution in [0.4, 0.5) is 5.82 Å². The summed E-state index contributed by atoms with van der Waals surface area (Å²) < 4.78 is 6.29. The van der Waals surface area contributed by atoms with Gasteiger partial charge in [0.15, 0.2) is 0 Å². The number of anilines is 1. The minimum atomic E-state index is 0.667. The standard InChI is InChI=1S/C15H14BrN3O/c1-10-6-12-11(9-17)8-14(18-15(12)13(16)7-10)19-2-4-20-5-3-19/h6-8H,2-5H2,1H3. The van der Waals surface area contributed by atoms with E-state index in [9.17, 15) is 5.26 Å². The number of morpholine rings is 1. The van der Waals surface area contributed by atoms with Crippen LogP contribution in [-0.4, -0.2) is 31.3 Å². The van der Waals surface area contributed by atoms with Crippen LogP contribution >= 0.6 is 15.9 Å². The van der Waals surface area contributed by atoms with Crippen LogP contribution in [0.15, 0.2) is 22.7 Å². The Kier molecular flexibility index (Phi) is 3.60. The van der Waals surface area contributed by atoms with Gasteiger partial charge < -0.3 is 9.64 Å². The number of pyridine rings is 1. The number of nitrogens with zero attached hydrogens (tertiary/aromatic N) is 3. The molecule has 0 saturated carbocycles. The van der Waals surface area contributed by atoms with Gasteiger partial charge in [-0.15, -0.1) is 0 Å². The molecule has 3 rings (SSSR count). The first-order valence-electron chi connectivity index (χ1n) is 6.53. The van der Waals surface area contributed by atoms with Crippen LogP contribution in [0.3, 0.4) is 0 Å². The lowest BCUT2D eigenvalue weighted by molar-refractivity contribution is 0.122. The molecule has 4 nitrogen and oxygen atoms in total. The second-order valence-corrected chi connectivity index (χ2v) is 5.74. The van der Waals surface area contributed by atoms with Gasteiger partial charge in [0, 0.05) is 22.9 Å². The summed E-state index contributed by atoms with van der Waals surface area (Å²) in [6.07, 6.45) is 0. The monoisotopic (exact) mass is 331 g/mol. The van der Waals surface area contributed by atoms with Crippen LogP contribution in [0, 0.1) is 18.3 Å². The Morgan fingerprint density at radius 2 is 2.05 bits per heavy atom. The average Bonchev–Trinajstić information content (AvgIpc) is 2.47. The van der Waals surface area contributed by atoms with Gasteiger partial charge in [-0.2, -0.15) is 5.26 Å². The molecule has 0 radical (unpaired) electrons. The van der Waals surface area contributed by atoms with Crippen molar-refractivity contribution in [1.82, 2.24) is 4.98 Å². The van der Waals surface area contributed by atoms with Crippen molar-refractivity contribution in [1.29, 1.82) is 5.26 Å². The number of aromatic nitrogens is 1. The lowest BCUT2D eigenvalue weighted by Gasteiger charge is -2.28. The maximum Gasteiger partial charge on any atom is 0.130 e. The second-order valence-electron chi connectivity index (χ2n) is 4.88. The Hall–Kier alpha value is -1.64. The normalized spacial score (nSPS) is 15.3. The molecule has 5 heteroatoms. The zero-order chi connectivity index (χ0) is 14.1. The van der Waals surface area contributed by atoms with Gasteiger partial charge in [-0.25, -0.2) is 4.98 Å². The van der Waals surface area contributed by atoms with Crippen LogP contribution in [0.1, 0.15) is 11.1 Å². The maximum atomic E-state index is 9.40. The molecular weight excluding hydrogens is 318 g/mol. The van der Waals surface area contributed by atoms with Gasteiger partial charge in [0.25, 0.3) is 0 Å². The van der Waals surface area contributed by atoms with E-state index in [-0.39, 0.29) is 0 Å². The van der Waals surface area contributed by atoms with E-state index in [1.165, 1.54) is 0 Å². The number of nitriles is 1. The number of hydrogen-bond acceptors (Lipinski definition) is 4. The first kappa shape index (κ1) is 13.3. The Morgan fingerprint density at radius 3 is 2.75 bits per heavy atom. The van der Waals surface area contributed by atoms with Gasteiger partial charge in [0.05, 0.1) is 30.4 Å². The molecule has 0 amide bonds. The van der Waals surface area contributed by atoms with E-state index >= 15 is 0 Å². The highest BCUT2D eigenvalue weighted by atomic mass is 79.9. The highest BCUT2D eigenvalue weighted by Crippen LogP contribution is 2.29. The molecule has 1 saturated heterocycles. The number of halogens is 1. The molecule has 2 aromatic rings. The van der Waals surface area contributed by atoms with Crippen LogP contribution in [-0.2, 0) is 4.74 Å². The van der Waals surface area contributed by atoms with Crippen molar-refractivity contribution >= 4 is 32.7 Å². The summed E-state index contributed by atoms with van der Waals surface area (Å²) in [4.78, 5) is 6.88. The lowest BCUT2D eigenvalue weighted by atomic mass is 10.1. The van der Waals surface area contributed by atoms with Crippen molar-refractivity contribution in [3.8, 4) is 6.07 Å². The highest BCUT2D eigenvalue weighted by Gasteiger charge is 2.16. The zero-order valence-corrected chi connectivity index (χ0v) is 12.8. The number of hydrogen-bond donors (Lipinski definition) is 0. The van der Waals surface area contributed by atoms with Crippen molar-refractivity contribution in [2.24, 2.45) is 0 Å². The molecule has 1 aliphatic heterocycles. The first-order valence-corrected chi connectivity index (χ1v) is 7.32. The summed E-state index contributed by atoms with van der Waals surface area (Å²) in [6, 6.07) is 8.20. The Morgan fingerprint density at radius 1 is 1.30 bits per heavy atom. The Labute approximate surface area is 126 Å². The molecule has 0 atom stereocenters. The molecule has 0 spiro atoms. The van der Waals surface area contributed by atoms with Gasteiger partial charge in [0.1, 0.15) is 5.82 Å². The molecule has 0 N–H and O–H groups in total. The van der Waals surface area contributed by atoms with Crippen LogP contribution in [0.2, 0.25) is 0 Å². The summed E-state index contributed by atoms with van der Waals surface area (Å²) in [5, 5.41) is 10.3. The Balaban J connectivity index is 2.18. The SMILES string of the molecule is Cc1cc(Br)c2nc(N3CCOCC3)cc(C#N)c2c1. The number of rotatable bonds is 1. The number of ether oxygens (including phenoxy) is 1. The molecule has 1 aromatic heterocycles. The number of benzene rings is 1. The molecule has 0 bridgehead atoms. The van der Waals surface area contributed by atoms with E-state index < -0.39 is 0 Å². The molecule has 0 aliphatic carbocycles. The van der Waals surface area contributed by atoms with Crippen molar-refractivity contribution in [2.45, 2.75) is 6.92 Å². The van der Waals surface area contributed by atoms with Gasteiger partial charge in [-0.1, -0.05) is 0 Å². The largest absolute Gasteiger partial charge is 0.378 e. The highest BCUT2D eigenvalue weighted by molar-refractivity contribution is 9.10. The molecule has 1 fully saturated rings. The number of fused-ring (bicyclic) bond motifs is 1. The van der Waals surface area contributed by atoms with E-state index in [1.807, 2.05) is 25.1 Å². The predicted octanol–water partition coefficient (Wildman–Crippen LogP) is 3.01. The molecule has 2 heterocycles. The van der Waals surface area contributed by atoms with Crippen molar-refractivity contribution in [3.63, 3.8) is 0 Å². The van der Waals surface area contributed by atoms with Crippen molar-refractivity contribution < 1.29 is 4.74 Å². The van der Waals surface area contributed by atoms with Gasteiger partial charge >= 0.3 is 0 Å². The van der Waals surface area contributed by atoms with Crippen molar-refractivity contribution in [2.75, 3.05) is 31.2 Å². The van der Waals surface area contributed by atoms with Crippen molar-refractivity contribution in [3.05, 3.63) is 33.8 Å². The maximum absolute atomic E-state index is 9.40. The zero-order valence-electron chi connectivity index (χ0n) is 11.2. The van der Waals surface area contributed by atoms with E-state index in [0.717, 1.165) is 39.8 Å². The predicted molar refractivity (Wildman–Crippen MR) is 81.9 cm³/mol. The fourth-order valence-corrected chi connectivity index (χ4v) is 3.12. The summed E-state index contributed by atoms with van der Waals surface area (Å²) in [7, 11) is 0. The number of aryl methyl sites for hydroxylation is 1. The summed E-state index contributed by atoms with van der Waals surface area (Å²) in [6.45, 7) is 5.05. The van der Waals surface area contributed by atoms with Crippen LogP contribution in [0.5, 0.6) is 0 Å². The molecule has 20 heavy (non-hydrogen) atoms. The van der Waals surface area contributed by atoms with E-state index in [2.05, 4.69) is 26.9 Å². The third-order valence-corrected chi connectivity index (χ3v) is 4.06. The molecule has 1 aliphatic rings. The van der Waals surface area contributed by atoms with E-state index in [0.29, 0.717) is 18.8 Å². The summed E-state index contributed by atoms with van der Waals surface area (Å²) in [5.41, 5.74) is 2.62. The minimum Gasteiger partial charge on any atom is -0.378 e. The fourth-order valence-electron chi connectivity index (χ4n) is 2.45. The molecule has 102 valence electrons. The fraction of sp³-hybridized carbons (Fsp3) is 0.333. The third-order valence-electron chi connectivity index (χ3n) is 3.45. The lowest BCUT2D eigenvalue weighted by Crippen LogP contribution is -2.36. The van der Waals surface area contributed by atoms with Gasteiger partial charge in [-0.3, -0.25) is 0 Å². The smallest absolute Gasteiger partial charge is 0.130 e.